The molecule has 1 aromatic heterocycles. The first kappa shape index (κ1) is 14.4. The molecule has 1 saturated carbocycles. The lowest BCUT2D eigenvalue weighted by atomic mass is 9.82. The van der Waals surface area contributed by atoms with Gasteiger partial charge in [0.15, 0.2) is 0 Å². The van der Waals surface area contributed by atoms with Gasteiger partial charge in [-0.05, 0) is 28.7 Å². The molecule has 8 nitrogen and oxygen atoms in total. The van der Waals surface area contributed by atoms with Crippen molar-refractivity contribution in [1.82, 2.24) is 14.5 Å². The van der Waals surface area contributed by atoms with Gasteiger partial charge in [0.05, 0.1) is 6.10 Å². The van der Waals surface area contributed by atoms with Crippen molar-refractivity contribution < 1.29 is 14.8 Å². The fraction of sp³-hybridized carbons (Fsp3) is 0.667. The van der Waals surface area contributed by atoms with E-state index in [-0.39, 0.29) is 24.2 Å². The summed E-state index contributed by atoms with van der Waals surface area (Å²) in [7, 11) is 1.74. The van der Waals surface area contributed by atoms with Crippen molar-refractivity contribution in [3.05, 3.63) is 22.6 Å². The van der Waals surface area contributed by atoms with Gasteiger partial charge in [-0.1, -0.05) is 0 Å². The second-order valence-electron chi connectivity index (χ2n) is 5.24. The van der Waals surface area contributed by atoms with Crippen molar-refractivity contribution in [3.63, 3.8) is 0 Å². The molecule has 0 bridgehead atoms. The van der Waals surface area contributed by atoms with Gasteiger partial charge in [0.25, 0.3) is 0 Å². The molecular formula is C12H18N4O4. The van der Waals surface area contributed by atoms with Crippen molar-refractivity contribution in [2.45, 2.75) is 31.9 Å². The average molecular weight is 282 g/mol. The lowest BCUT2D eigenvalue weighted by Gasteiger charge is -2.34. The predicted octanol–water partition coefficient (Wildman–Crippen LogP) is 0.411. The molecule has 20 heavy (non-hydrogen) atoms. The van der Waals surface area contributed by atoms with Gasteiger partial charge in [0.2, 0.25) is 12.2 Å². The first-order valence-electron chi connectivity index (χ1n) is 6.54. The molecule has 0 unspecified atom stereocenters. The molecule has 1 aromatic rings. The van der Waals surface area contributed by atoms with Gasteiger partial charge in [0.1, 0.15) is 6.20 Å². The fourth-order valence-electron chi connectivity index (χ4n) is 2.32. The number of nitrogens with zero attached hydrogens (tertiary/aromatic N) is 4. The van der Waals surface area contributed by atoms with Crippen LogP contribution < -0.4 is 0 Å². The molecule has 0 radical (unpaired) electrons. The summed E-state index contributed by atoms with van der Waals surface area (Å²) in [5.74, 6) is 0.158. The van der Waals surface area contributed by atoms with Gasteiger partial charge in [0, 0.05) is 26.6 Å². The van der Waals surface area contributed by atoms with Crippen LogP contribution in [0.1, 0.15) is 19.3 Å². The average Bonchev–Trinajstić information content (AvgIpc) is 2.82. The maximum Gasteiger partial charge on any atom is 0.381 e. The van der Waals surface area contributed by atoms with Crippen molar-refractivity contribution >= 4 is 11.7 Å². The molecule has 0 aromatic carbocycles. The molecular weight excluding hydrogens is 264 g/mol. The SMILES string of the molecule is CN(CC1CC(O)C1)C(=O)CCn1cnc([N+](=O)[O-])c1. The number of hydrogen-bond donors (Lipinski definition) is 1. The lowest BCUT2D eigenvalue weighted by Crippen LogP contribution is -2.39. The zero-order valence-corrected chi connectivity index (χ0v) is 11.3. The number of aromatic nitrogens is 2. The van der Waals surface area contributed by atoms with E-state index in [1.807, 2.05) is 0 Å². The Morgan fingerprint density at radius 2 is 2.35 bits per heavy atom. The lowest BCUT2D eigenvalue weighted by molar-refractivity contribution is -0.389. The van der Waals surface area contributed by atoms with Crippen LogP contribution in [0.15, 0.2) is 12.5 Å². The van der Waals surface area contributed by atoms with E-state index in [0.29, 0.717) is 19.0 Å². The monoisotopic (exact) mass is 282 g/mol. The smallest absolute Gasteiger partial charge is 0.381 e. The summed E-state index contributed by atoms with van der Waals surface area (Å²) in [5, 5.41) is 19.7. The highest BCUT2D eigenvalue weighted by Crippen LogP contribution is 2.27. The molecule has 8 heteroatoms. The highest BCUT2D eigenvalue weighted by Gasteiger charge is 2.28. The molecule has 110 valence electrons. The van der Waals surface area contributed by atoms with E-state index in [9.17, 15) is 20.0 Å². The summed E-state index contributed by atoms with van der Waals surface area (Å²) < 4.78 is 1.54. The minimum atomic E-state index is -0.563. The Hall–Kier alpha value is -1.96. The molecule has 1 N–H and O–H groups in total. The van der Waals surface area contributed by atoms with E-state index in [1.54, 1.807) is 11.9 Å². The van der Waals surface area contributed by atoms with Gasteiger partial charge in [-0.2, -0.15) is 0 Å². The third-order valence-electron chi connectivity index (χ3n) is 3.56. The fourth-order valence-corrected chi connectivity index (χ4v) is 2.32. The zero-order valence-electron chi connectivity index (χ0n) is 11.3. The summed E-state index contributed by atoms with van der Waals surface area (Å²) >= 11 is 0. The maximum absolute atomic E-state index is 11.9. The Labute approximate surface area is 116 Å². The first-order valence-corrected chi connectivity index (χ1v) is 6.54. The van der Waals surface area contributed by atoms with Crippen LogP contribution >= 0.6 is 0 Å². The number of aliphatic hydroxyl groups excluding tert-OH is 1. The standard InChI is InChI=1S/C12H18N4O4/c1-14(6-9-4-10(17)5-9)12(18)2-3-15-7-11(13-8-15)16(19)20/h7-10,17H,2-6H2,1H3. The Morgan fingerprint density at radius 1 is 1.65 bits per heavy atom. The number of nitro groups is 1. The van der Waals surface area contributed by atoms with Gasteiger partial charge in [-0.3, -0.25) is 4.79 Å². The summed E-state index contributed by atoms with van der Waals surface area (Å²) in [6, 6.07) is 0. The zero-order chi connectivity index (χ0) is 14.7. The number of carbonyl (C=O) groups excluding carboxylic acids is 1. The minimum Gasteiger partial charge on any atom is -0.393 e. The van der Waals surface area contributed by atoms with Crippen LogP contribution in [0, 0.1) is 16.0 Å². The number of rotatable bonds is 6. The largest absolute Gasteiger partial charge is 0.393 e. The number of aliphatic hydroxyl groups is 1. The molecule has 0 atom stereocenters. The number of aryl methyl sites for hydroxylation is 1. The van der Waals surface area contributed by atoms with E-state index in [0.717, 1.165) is 12.8 Å². The van der Waals surface area contributed by atoms with Crippen molar-refractivity contribution in [2.75, 3.05) is 13.6 Å². The van der Waals surface area contributed by atoms with E-state index in [1.165, 1.54) is 17.1 Å². The van der Waals surface area contributed by atoms with Crippen LogP contribution in [0.5, 0.6) is 0 Å². The van der Waals surface area contributed by atoms with Gasteiger partial charge in [-0.15, -0.1) is 0 Å². The summed E-state index contributed by atoms with van der Waals surface area (Å²) in [4.78, 5) is 27.1. The Kier molecular flexibility index (Phi) is 4.33. The normalized spacial score (nSPS) is 21.3. The van der Waals surface area contributed by atoms with E-state index in [4.69, 9.17) is 0 Å². The molecule has 1 aliphatic carbocycles. The molecule has 2 rings (SSSR count). The quantitative estimate of drug-likeness (QED) is 0.601. The second kappa shape index (κ2) is 6.00. The predicted molar refractivity (Wildman–Crippen MR) is 69.9 cm³/mol. The molecule has 0 aliphatic heterocycles. The van der Waals surface area contributed by atoms with Crippen molar-refractivity contribution in [1.29, 1.82) is 0 Å². The highest BCUT2D eigenvalue weighted by atomic mass is 16.6. The van der Waals surface area contributed by atoms with E-state index >= 15 is 0 Å². The highest BCUT2D eigenvalue weighted by molar-refractivity contribution is 5.75. The molecule has 0 saturated heterocycles. The summed E-state index contributed by atoms with van der Waals surface area (Å²) in [5.41, 5.74) is 0. The second-order valence-corrected chi connectivity index (χ2v) is 5.24. The first-order chi connectivity index (χ1) is 9.45. The minimum absolute atomic E-state index is 0.0113. The van der Waals surface area contributed by atoms with Crippen LogP contribution in [-0.2, 0) is 11.3 Å². The summed E-state index contributed by atoms with van der Waals surface area (Å²) in [6.07, 6.45) is 4.24. The molecule has 1 heterocycles. The molecule has 1 aliphatic rings. The van der Waals surface area contributed by atoms with Gasteiger partial charge < -0.3 is 24.7 Å². The van der Waals surface area contributed by atoms with Crippen molar-refractivity contribution in [3.8, 4) is 0 Å². The number of carbonyl (C=O) groups is 1. The van der Waals surface area contributed by atoms with Crippen LogP contribution in [0.4, 0.5) is 5.82 Å². The maximum atomic E-state index is 11.9. The van der Waals surface area contributed by atoms with E-state index in [2.05, 4.69) is 4.98 Å². The third-order valence-corrected chi connectivity index (χ3v) is 3.56. The van der Waals surface area contributed by atoms with Crippen molar-refractivity contribution in [2.24, 2.45) is 5.92 Å². The number of imidazole rings is 1. The Bertz CT molecular complexity index is 495. The molecule has 1 fully saturated rings. The van der Waals surface area contributed by atoms with Crippen LogP contribution in [-0.4, -0.2) is 50.1 Å². The van der Waals surface area contributed by atoms with Crippen LogP contribution in [0.3, 0.4) is 0 Å². The van der Waals surface area contributed by atoms with Gasteiger partial charge >= 0.3 is 5.82 Å². The Morgan fingerprint density at radius 3 is 2.90 bits per heavy atom. The molecule has 1 amide bonds. The van der Waals surface area contributed by atoms with Gasteiger partial charge in [-0.25, -0.2) is 0 Å². The topological polar surface area (TPSA) is 102 Å². The summed E-state index contributed by atoms with van der Waals surface area (Å²) in [6.45, 7) is 1.03. The van der Waals surface area contributed by atoms with Crippen LogP contribution in [0.25, 0.3) is 0 Å². The third kappa shape index (κ3) is 3.53. The van der Waals surface area contributed by atoms with E-state index < -0.39 is 4.92 Å². The molecule has 0 spiro atoms. The number of amides is 1. The number of hydrogen-bond acceptors (Lipinski definition) is 5. The Balaban J connectivity index is 1.74. The van der Waals surface area contributed by atoms with Crippen LogP contribution in [0.2, 0.25) is 0 Å².